The molecule has 12 N–H and O–H groups in total. The number of aliphatic hydroxyl groups is 11. The van der Waals surface area contributed by atoms with E-state index < -0.39 is 124 Å². The Balaban J connectivity index is 1.37. The van der Waals surface area contributed by atoms with Crippen molar-refractivity contribution in [3.63, 3.8) is 0 Å². The number of rotatable bonds is 63. The Labute approximate surface area is 593 Å². The minimum absolute atomic E-state index is 0.239. The molecule has 0 aromatic rings. The van der Waals surface area contributed by atoms with E-state index in [-0.39, 0.29) is 18.9 Å². The van der Waals surface area contributed by atoms with Gasteiger partial charge in [-0.1, -0.05) is 306 Å². The van der Waals surface area contributed by atoms with Gasteiger partial charge in [0.1, 0.15) is 73.2 Å². The third-order valence-electron chi connectivity index (χ3n) is 19.9. The molecule has 1 amide bonds. The maximum Gasteiger partial charge on any atom is 0.220 e. The zero-order valence-electron chi connectivity index (χ0n) is 61.3. The van der Waals surface area contributed by atoms with E-state index in [1.165, 1.54) is 212 Å². The number of hydrogen-bond donors (Lipinski definition) is 12. The number of allylic oxidation sites excluding steroid dienone is 8. The van der Waals surface area contributed by atoms with Gasteiger partial charge < -0.3 is 89.9 Å². The summed E-state index contributed by atoms with van der Waals surface area (Å²) in [6.45, 7) is 1.73. The SMILES string of the molecule is CC/C=C\C/C=C\C/C=C\C/C=C\CCCCCCCCCCCCCCCCCCC(=O)NC(COC1OC(CO)C(OC2OC(CO)C(OC3OC(CO)C(O)C(O)C3O)C(O)C2O)C(O)C1O)C(O)CCCCCCCCCCCCCCCCCCCCCCCCCC. The summed E-state index contributed by atoms with van der Waals surface area (Å²) in [6.07, 6.45) is 47.6. The van der Waals surface area contributed by atoms with E-state index in [1.807, 2.05) is 0 Å². The fourth-order valence-electron chi connectivity index (χ4n) is 13.5. The number of carbonyl (C=O) groups is 1. The first-order chi connectivity index (χ1) is 47.8. The van der Waals surface area contributed by atoms with E-state index in [1.54, 1.807) is 0 Å². The van der Waals surface area contributed by atoms with Crippen molar-refractivity contribution in [2.75, 3.05) is 26.4 Å². The van der Waals surface area contributed by atoms with Gasteiger partial charge in [0.25, 0.3) is 0 Å². The molecule has 3 rings (SSSR count). The van der Waals surface area contributed by atoms with Crippen LogP contribution in [0.4, 0.5) is 0 Å². The predicted octanol–water partition coefficient (Wildman–Crippen LogP) is 12.9. The van der Waals surface area contributed by atoms with Crippen molar-refractivity contribution in [3.8, 4) is 0 Å². The van der Waals surface area contributed by atoms with Crippen LogP contribution < -0.4 is 5.32 Å². The van der Waals surface area contributed by atoms with Gasteiger partial charge in [-0.2, -0.15) is 0 Å². The van der Waals surface area contributed by atoms with Gasteiger partial charge in [0.15, 0.2) is 18.9 Å². The van der Waals surface area contributed by atoms with Crippen LogP contribution in [-0.4, -0.2) is 193 Å². The summed E-state index contributed by atoms with van der Waals surface area (Å²) in [5.41, 5.74) is 0. The van der Waals surface area contributed by atoms with Gasteiger partial charge in [0, 0.05) is 6.42 Å². The van der Waals surface area contributed by atoms with Gasteiger partial charge in [-0.15, -0.1) is 0 Å². The van der Waals surface area contributed by atoms with E-state index in [9.17, 15) is 61.0 Å². The highest BCUT2D eigenvalue weighted by Gasteiger charge is 2.54. The second-order valence-electron chi connectivity index (χ2n) is 28.5. The van der Waals surface area contributed by atoms with E-state index in [0.29, 0.717) is 12.8 Å². The first kappa shape index (κ1) is 90.0. The lowest BCUT2D eigenvalue weighted by Crippen LogP contribution is -2.66. The number of amides is 1. The Kier molecular flexibility index (Phi) is 55.1. The molecule has 0 aliphatic carbocycles. The number of aliphatic hydroxyl groups excluding tert-OH is 11. The highest BCUT2D eigenvalue weighted by molar-refractivity contribution is 5.76. The maximum atomic E-state index is 13.5. The van der Waals surface area contributed by atoms with Gasteiger partial charge in [-0.25, -0.2) is 0 Å². The van der Waals surface area contributed by atoms with Crippen LogP contribution in [0.5, 0.6) is 0 Å². The Morgan fingerprint density at radius 1 is 0.378 bits per heavy atom. The highest BCUT2D eigenvalue weighted by atomic mass is 16.8. The summed E-state index contributed by atoms with van der Waals surface area (Å²) in [4.78, 5) is 13.5. The van der Waals surface area contributed by atoms with Crippen molar-refractivity contribution in [1.82, 2.24) is 5.32 Å². The molecule has 17 atom stereocenters. The van der Waals surface area contributed by atoms with Gasteiger partial charge in [0.05, 0.1) is 38.6 Å². The molecule has 0 spiro atoms. The van der Waals surface area contributed by atoms with Crippen LogP contribution in [0.1, 0.15) is 316 Å². The number of carbonyl (C=O) groups excluding carboxylic acids is 1. The maximum absolute atomic E-state index is 13.5. The molecule has 3 aliphatic rings. The number of ether oxygens (including phenoxy) is 6. The van der Waals surface area contributed by atoms with Crippen LogP contribution in [0, 0.1) is 0 Å². The van der Waals surface area contributed by atoms with E-state index >= 15 is 0 Å². The summed E-state index contributed by atoms with van der Waals surface area (Å²) in [7, 11) is 0. The van der Waals surface area contributed by atoms with Crippen molar-refractivity contribution in [2.24, 2.45) is 0 Å². The molecule has 19 nitrogen and oxygen atoms in total. The molecule has 0 aromatic heterocycles. The molecule has 0 aromatic carbocycles. The average Bonchev–Trinajstić information content (AvgIpc) is 0.784. The monoisotopic (exact) mass is 1400 g/mol. The molecule has 17 unspecified atom stereocenters. The topological polar surface area (TPSA) is 307 Å². The van der Waals surface area contributed by atoms with E-state index in [0.717, 1.165) is 70.6 Å². The van der Waals surface area contributed by atoms with Gasteiger partial charge in [0.2, 0.25) is 5.91 Å². The number of unbranched alkanes of at least 4 members (excludes halogenated alkanes) is 39. The molecule has 19 heteroatoms. The molecule has 3 heterocycles. The van der Waals surface area contributed by atoms with Crippen molar-refractivity contribution in [1.29, 1.82) is 0 Å². The molecule has 3 aliphatic heterocycles. The number of hydrogen-bond acceptors (Lipinski definition) is 18. The third-order valence-corrected chi connectivity index (χ3v) is 19.9. The van der Waals surface area contributed by atoms with Crippen molar-refractivity contribution < 1.29 is 89.4 Å². The normalized spacial score (nSPS) is 27.0. The molecule has 3 saturated heterocycles. The lowest BCUT2D eigenvalue weighted by atomic mass is 9.96. The fourth-order valence-corrected chi connectivity index (χ4v) is 13.5. The van der Waals surface area contributed by atoms with E-state index in [4.69, 9.17) is 28.4 Å². The van der Waals surface area contributed by atoms with Gasteiger partial charge in [-0.05, 0) is 51.4 Å². The summed E-state index contributed by atoms with van der Waals surface area (Å²) < 4.78 is 34.5. The highest BCUT2D eigenvalue weighted by Crippen LogP contribution is 2.33. The molecule has 98 heavy (non-hydrogen) atoms. The van der Waals surface area contributed by atoms with Crippen molar-refractivity contribution in [3.05, 3.63) is 48.6 Å². The molecular formula is C79H145NO18. The Morgan fingerprint density at radius 3 is 1.10 bits per heavy atom. The molecule has 0 radical (unpaired) electrons. The molecule has 574 valence electrons. The van der Waals surface area contributed by atoms with Crippen LogP contribution in [0.2, 0.25) is 0 Å². The van der Waals surface area contributed by atoms with Crippen LogP contribution in [0.3, 0.4) is 0 Å². The smallest absolute Gasteiger partial charge is 0.220 e. The third kappa shape index (κ3) is 40.1. The fraction of sp³-hybridized carbons (Fsp3) is 0.886. The zero-order valence-corrected chi connectivity index (χ0v) is 61.3. The molecular weight excluding hydrogens is 1250 g/mol. The van der Waals surface area contributed by atoms with Gasteiger partial charge in [-0.3, -0.25) is 4.79 Å². The molecule has 3 fully saturated rings. The van der Waals surface area contributed by atoms with Crippen LogP contribution in [0.25, 0.3) is 0 Å². The molecule has 0 saturated carbocycles. The summed E-state index contributed by atoms with van der Waals surface area (Å²) >= 11 is 0. The summed E-state index contributed by atoms with van der Waals surface area (Å²) in [5, 5.41) is 121. The van der Waals surface area contributed by atoms with E-state index in [2.05, 4.69) is 67.8 Å². The second-order valence-corrected chi connectivity index (χ2v) is 28.5. The lowest BCUT2D eigenvalue weighted by molar-refractivity contribution is -0.379. The average molecular weight is 1400 g/mol. The summed E-state index contributed by atoms with van der Waals surface area (Å²) in [5.74, 6) is -0.239. The largest absolute Gasteiger partial charge is 0.394 e. The first-order valence-electron chi connectivity index (χ1n) is 39.9. The van der Waals surface area contributed by atoms with Crippen LogP contribution >= 0.6 is 0 Å². The summed E-state index contributed by atoms with van der Waals surface area (Å²) in [6, 6.07) is -0.889. The lowest BCUT2D eigenvalue weighted by Gasteiger charge is -2.48. The van der Waals surface area contributed by atoms with Crippen LogP contribution in [0.15, 0.2) is 48.6 Å². The zero-order chi connectivity index (χ0) is 71.1. The van der Waals surface area contributed by atoms with Crippen molar-refractivity contribution >= 4 is 5.91 Å². The molecule has 0 bridgehead atoms. The first-order valence-corrected chi connectivity index (χ1v) is 39.9. The van der Waals surface area contributed by atoms with Crippen LogP contribution in [-0.2, 0) is 33.2 Å². The predicted molar refractivity (Wildman–Crippen MR) is 388 cm³/mol. The van der Waals surface area contributed by atoms with Crippen molar-refractivity contribution in [2.45, 2.75) is 420 Å². The Hall–Kier alpha value is -2.25. The number of nitrogens with one attached hydrogen (secondary N) is 1. The van der Waals surface area contributed by atoms with Gasteiger partial charge >= 0.3 is 0 Å². The quantitative estimate of drug-likeness (QED) is 0.0199. The Morgan fingerprint density at radius 2 is 0.704 bits per heavy atom. The Bertz CT molecular complexity index is 1960. The standard InChI is InChI=1S/C79H145NO18/c1-3-5-7-9-11-13-15-17-19-21-23-25-27-29-30-31-32-33-35-37-39-41-43-45-47-49-51-53-55-57-67(85)80-62(63(84)56-54-52-50-48-46-44-42-40-38-36-34-28-26-24-22-20-18-16-14-12-10-8-6-4-2)61-93-77-73(91)70(88)75(65(59-82)95-77)98-79-74(92)71(89)76(66(60-83)96-79)97-78-72(90)69(87)68(86)64(58-81)94-78/h5,7,11,13,17,19,23,25,62-66,68-79,81-84,86-92H,3-4,6,8-10,12,14-16,18,20-22,24,26-61H2,1-2H3,(H,80,85)/b7-5-,13-11-,19-17-,25-23-. The minimum Gasteiger partial charge on any atom is -0.394 e. The second kappa shape index (κ2) is 60.1. The minimum atomic E-state index is -1.97.